The van der Waals surface area contributed by atoms with Gasteiger partial charge in [0.15, 0.2) is 5.79 Å². The summed E-state index contributed by atoms with van der Waals surface area (Å²) in [7, 11) is 0. The van der Waals surface area contributed by atoms with Gasteiger partial charge in [-0.25, -0.2) is 4.98 Å². The van der Waals surface area contributed by atoms with Crippen LogP contribution in [0, 0.1) is 0 Å². The van der Waals surface area contributed by atoms with E-state index < -0.39 is 5.79 Å². The van der Waals surface area contributed by atoms with E-state index in [1.54, 1.807) is 10.9 Å². The quantitative estimate of drug-likeness (QED) is 0.747. The first-order valence-electron chi connectivity index (χ1n) is 6.48. The Morgan fingerprint density at radius 3 is 2.78 bits per heavy atom. The van der Waals surface area contributed by atoms with E-state index >= 15 is 0 Å². The molecule has 2 aliphatic rings. The summed E-state index contributed by atoms with van der Waals surface area (Å²) in [5, 5.41) is 0. The van der Waals surface area contributed by atoms with Crippen molar-refractivity contribution in [3.05, 3.63) is 27.9 Å². The van der Waals surface area contributed by atoms with Crippen LogP contribution in [0.2, 0.25) is 0 Å². The normalized spacial score (nSPS) is 21.5. The van der Waals surface area contributed by atoms with Crippen LogP contribution in [-0.4, -0.2) is 28.6 Å². The Bertz CT molecular complexity index is 515. The average Bonchev–Trinajstić information content (AvgIpc) is 2.78. The number of hydrogen-bond acceptors (Lipinski definition) is 4. The molecule has 98 valence electrons. The zero-order chi connectivity index (χ0) is 12.8. The SMILES string of the molecule is CC(C)n1cnc2c(c1=O)CC1(CC2)OCCO1. The third kappa shape index (κ3) is 1.78. The van der Waals surface area contributed by atoms with Crippen LogP contribution in [0.5, 0.6) is 0 Å². The summed E-state index contributed by atoms with van der Waals surface area (Å²) >= 11 is 0. The van der Waals surface area contributed by atoms with Gasteiger partial charge in [-0.3, -0.25) is 9.36 Å². The van der Waals surface area contributed by atoms with Crippen molar-refractivity contribution in [1.29, 1.82) is 0 Å². The largest absolute Gasteiger partial charge is 0.347 e. The summed E-state index contributed by atoms with van der Waals surface area (Å²) in [4.78, 5) is 16.8. The minimum absolute atomic E-state index is 0.0492. The summed E-state index contributed by atoms with van der Waals surface area (Å²) in [5.74, 6) is -0.565. The first-order chi connectivity index (χ1) is 8.61. The van der Waals surface area contributed by atoms with E-state index in [0.717, 1.165) is 24.1 Å². The van der Waals surface area contributed by atoms with Crippen molar-refractivity contribution < 1.29 is 9.47 Å². The molecule has 0 saturated carbocycles. The summed E-state index contributed by atoms with van der Waals surface area (Å²) in [6, 6.07) is 0.124. The van der Waals surface area contributed by atoms with E-state index in [0.29, 0.717) is 19.6 Å². The molecule has 1 aromatic heterocycles. The van der Waals surface area contributed by atoms with Crippen LogP contribution in [0.25, 0.3) is 0 Å². The Morgan fingerprint density at radius 1 is 1.39 bits per heavy atom. The van der Waals surface area contributed by atoms with Crippen LogP contribution in [0.15, 0.2) is 11.1 Å². The minimum atomic E-state index is -0.565. The zero-order valence-corrected chi connectivity index (χ0v) is 10.8. The van der Waals surface area contributed by atoms with Crippen LogP contribution < -0.4 is 5.56 Å². The molecule has 0 N–H and O–H groups in total. The fraction of sp³-hybridized carbons (Fsp3) is 0.692. The molecule has 3 rings (SSSR count). The fourth-order valence-electron chi connectivity index (χ4n) is 2.71. The lowest BCUT2D eigenvalue weighted by molar-refractivity contribution is -0.164. The lowest BCUT2D eigenvalue weighted by Crippen LogP contribution is -2.42. The molecule has 1 aliphatic heterocycles. The van der Waals surface area contributed by atoms with Crippen molar-refractivity contribution in [3.8, 4) is 0 Å². The van der Waals surface area contributed by atoms with Gasteiger partial charge in [0.25, 0.3) is 5.56 Å². The highest BCUT2D eigenvalue weighted by atomic mass is 16.7. The molecule has 0 radical (unpaired) electrons. The topological polar surface area (TPSA) is 53.4 Å². The van der Waals surface area contributed by atoms with Crippen LogP contribution in [-0.2, 0) is 22.3 Å². The van der Waals surface area contributed by atoms with Crippen molar-refractivity contribution in [2.45, 2.75) is 44.9 Å². The van der Waals surface area contributed by atoms with Crippen molar-refractivity contribution in [3.63, 3.8) is 0 Å². The lowest BCUT2D eigenvalue weighted by atomic mass is 9.91. The molecule has 0 unspecified atom stereocenters. The minimum Gasteiger partial charge on any atom is -0.347 e. The number of nitrogens with zero attached hydrogens (tertiary/aromatic N) is 2. The van der Waals surface area contributed by atoms with Crippen molar-refractivity contribution >= 4 is 0 Å². The van der Waals surface area contributed by atoms with Crippen LogP contribution in [0.1, 0.15) is 37.6 Å². The average molecular weight is 250 g/mol. The Hall–Kier alpha value is -1.20. The predicted octanol–water partition coefficient (Wildman–Crippen LogP) is 1.06. The molecule has 0 amide bonds. The lowest BCUT2D eigenvalue weighted by Gasteiger charge is -2.32. The molecular weight excluding hydrogens is 232 g/mol. The number of aromatic nitrogens is 2. The van der Waals surface area contributed by atoms with Gasteiger partial charge < -0.3 is 9.47 Å². The third-order valence-corrected chi connectivity index (χ3v) is 3.74. The van der Waals surface area contributed by atoms with E-state index in [1.807, 2.05) is 13.8 Å². The number of fused-ring (bicyclic) bond motifs is 1. The second kappa shape index (κ2) is 4.17. The van der Waals surface area contributed by atoms with Crippen molar-refractivity contribution in [1.82, 2.24) is 9.55 Å². The molecule has 2 heterocycles. The molecule has 5 heteroatoms. The number of aryl methyl sites for hydroxylation is 1. The predicted molar refractivity (Wildman–Crippen MR) is 65.5 cm³/mol. The number of rotatable bonds is 1. The van der Waals surface area contributed by atoms with Crippen molar-refractivity contribution in [2.24, 2.45) is 0 Å². The molecule has 1 fully saturated rings. The third-order valence-electron chi connectivity index (χ3n) is 3.74. The van der Waals surface area contributed by atoms with E-state index in [4.69, 9.17) is 9.47 Å². The Morgan fingerprint density at radius 2 is 2.11 bits per heavy atom. The molecular formula is C13H18N2O3. The molecule has 0 bridgehead atoms. The summed E-state index contributed by atoms with van der Waals surface area (Å²) in [6.07, 6.45) is 3.73. The van der Waals surface area contributed by atoms with Gasteiger partial charge in [0.2, 0.25) is 0 Å². The molecule has 0 atom stereocenters. The first-order valence-corrected chi connectivity index (χ1v) is 6.48. The maximum absolute atomic E-state index is 12.4. The van der Waals surface area contributed by atoms with Crippen LogP contribution in [0.4, 0.5) is 0 Å². The smallest absolute Gasteiger partial charge is 0.257 e. The summed E-state index contributed by atoms with van der Waals surface area (Å²) < 4.78 is 13.1. The Labute approximate surface area is 106 Å². The number of hydrogen-bond donors (Lipinski definition) is 0. The van der Waals surface area contributed by atoms with E-state index in [2.05, 4.69) is 4.98 Å². The highest BCUT2D eigenvalue weighted by Gasteiger charge is 2.41. The van der Waals surface area contributed by atoms with E-state index in [-0.39, 0.29) is 11.6 Å². The second-order valence-electron chi connectivity index (χ2n) is 5.26. The van der Waals surface area contributed by atoms with Crippen LogP contribution in [0.3, 0.4) is 0 Å². The molecule has 5 nitrogen and oxygen atoms in total. The number of ether oxygens (including phenoxy) is 2. The first kappa shape index (κ1) is 11.9. The fourth-order valence-corrected chi connectivity index (χ4v) is 2.71. The van der Waals surface area contributed by atoms with Gasteiger partial charge in [-0.2, -0.15) is 0 Å². The van der Waals surface area contributed by atoms with Gasteiger partial charge in [0, 0.05) is 24.4 Å². The van der Waals surface area contributed by atoms with Gasteiger partial charge in [-0.05, 0) is 20.3 Å². The molecule has 18 heavy (non-hydrogen) atoms. The van der Waals surface area contributed by atoms with Crippen LogP contribution >= 0.6 is 0 Å². The molecule has 1 aromatic rings. The molecule has 1 aliphatic carbocycles. The van der Waals surface area contributed by atoms with Gasteiger partial charge in [-0.15, -0.1) is 0 Å². The van der Waals surface area contributed by atoms with Gasteiger partial charge >= 0.3 is 0 Å². The van der Waals surface area contributed by atoms with Gasteiger partial charge in [0.05, 0.1) is 25.2 Å². The standard InChI is InChI=1S/C13H18N2O3/c1-9(2)15-8-14-11-3-4-13(17-5-6-18-13)7-10(11)12(15)16/h8-9H,3-7H2,1-2H3. The maximum Gasteiger partial charge on any atom is 0.257 e. The van der Waals surface area contributed by atoms with E-state index in [1.165, 1.54) is 0 Å². The monoisotopic (exact) mass is 250 g/mol. The Balaban J connectivity index is 2.03. The van der Waals surface area contributed by atoms with Crippen molar-refractivity contribution in [2.75, 3.05) is 13.2 Å². The summed E-state index contributed by atoms with van der Waals surface area (Å²) in [6.45, 7) is 5.20. The highest BCUT2D eigenvalue weighted by Crippen LogP contribution is 2.33. The summed E-state index contributed by atoms with van der Waals surface area (Å²) in [5.41, 5.74) is 1.72. The zero-order valence-electron chi connectivity index (χ0n) is 10.8. The molecule has 0 aromatic carbocycles. The Kier molecular flexibility index (Phi) is 2.75. The van der Waals surface area contributed by atoms with Gasteiger partial charge in [0.1, 0.15) is 0 Å². The molecule has 1 saturated heterocycles. The second-order valence-corrected chi connectivity index (χ2v) is 5.26. The highest BCUT2D eigenvalue weighted by molar-refractivity contribution is 5.23. The maximum atomic E-state index is 12.4. The molecule has 1 spiro atoms. The van der Waals surface area contributed by atoms with Gasteiger partial charge in [-0.1, -0.05) is 0 Å². The van der Waals surface area contributed by atoms with E-state index in [9.17, 15) is 4.79 Å².